The lowest BCUT2D eigenvalue weighted by Gasteiger charge is -2.31. The fourth-order valence-corrected chi connectivity index (χ4v) is 4.80. The average Bonchev–Trinajstić information content (AvgIpc) is 3.06. The molecule has 3 aliphatic rings. The van der Waals surface area contributed by atoms with Gasteiger partial charge >= 0.3 is 6.03 Å². The Morgan fingerprint density at radius 3 is 2.79 bits per heavy atom. The molecule has 0 radical (unpaired) electrons. The van der Waals surface area contributed by atoms with Crippen molar-refractivity contribution in [3.05, 3.63) is 16.1 Å². The molecule has 1 aromatic heterocycles. The molecule has 24 heavy (non-hydrogen) atoms. The molecular formula is C18H27N3O2S. The SMILES string of the molecule is O=C(NCc1csc(C2CC2)n1)N(C[C@H]1CCCO1)C1CCCC1. The first kappa shape index (κ1) is 16.3. The minimum Gasteiger partial charge on any atom is -0.376 e. The lowest BCUT2D eigenvalue weighted by atomic mass is 10.1. The van der Waals surface area contributed by atoms with Crippen LogP contribution in [0.15, 0.2) is 5.38 Å². The lowest BCUT2D eigenvalue weighted by molar-refractivity contribution is 0.0698. The number of nitrogens with zero attached hydrogens (tertiary/aromatic N) is 2. The Kier molecular flexibility index (Phi) is 5.03. The highest BCUT2D eigenvalue weighted by Crippen LogP contribution is 2.41. The van der Waals surface area contributed by atoms with Crippen molar-refractivity contribution in [3.8, 4) is 0 Å². The van der Waals surface area contributed by atoms with Crippen molar-refractivity contribution in [2.75, 3.05) is 13.2 Å². The number of hydrogen-bond acceptors (Lipinski definition) is 4. The standard InChI is InChI=1S/C18H27N3O2S/c22-18(19-10-14-12-24-17(20-14)13-7-8-13)21(15-4-1-2-5-15)11-16-6-3-9-23-16/h12-13,15-16H,1-11H2,(H,19,22)/t16-/m1/s1. The van der Waals surface area contributed by atoms with Gasteiger partial charge in [-0.15, -0.1) is 11.3 Å². The zero-order chi connectivity index (χ0) is 16.4. The van der Waals surface area contributed by atoms with Crippen LogP contribution in [-0.4, -0.2) is 41.2 Å². The zero-order valence-corrected chi connectivity index (χ0v) is 15.0. The number of thiazole rings is 1. The van der Waals surface area contributed by atoms with Gasteiger partial charge in [0.15, 0.2) is 0 Å². The van der Waals surface area contributed by atoms with E-state index in [1.807, 2.05) is 4.90 Å². The first-order valence-corrected chi connectivity index (χ1v) is 10.3. The molecule has 1 atom stereocenters. The predicted octanol–water partition coefficient (Wildman–Crippen LogP) is 3.65. The normalized spacial score (nSPS) is 24.4. The third-order valence-corrected chi connectivity index (χ3v) is 6.42. The Labute approximate surface area is 147 Å². The monoisotopic (exact) mass is 349 g/mol. The van der Waals surface area contributed by atoms with Crippen LogP contribution in [0, 0.1) is 0 Å². The van der Waals surface area contributed by atoms with Crippen molar-refractivity contribution < 1.29 is 9.53 Å². The smallest absolute Gasteiger partial charge is 0.318 e. The van der Waals surface area contributed by atoms with Crippen LogP contribution in [0.3, 0.4) is 0 Å². The van der Waals surface area contributed by atoms with Crippen LogP contribution in [-0.2, 0) is 11.3 Å². The molecule has 1 saturated heterocycles. The minimum atomic E-state index is 0.0540. The van der Waals surface area contributed by atoms with Gasteiger partial charge in [-0.25, -0.2) is 9.78 Å². The van der Waals surface area contributed by atoms with Gasteiger partial charge in [-0.1, -0.05) is 12.8 Å². The van der Waals surface area contributed by atoms with Crippen molar-refractivity contribution in [2.45, 2.75) is 76.0 Å². The van der Waals surface area contributed by atoms with Crippen LogP contribution in [0.5, 0.6) is 0 Å². The van der Waals surface area contributed by atoms with E-state index in [0.29, 0.717) is 18.5 Å². The first-order chi connectivity index (χ1) is 11.8. The maximum atomic E-state index is 12.8. The molecule has 0 aromatic carbocycles. The van der Waals surface area contributed by atoms with Crippen LogP contribution in [0.25, 0.3) is 0 Å². The summed E-state index contributed by atoms with van der Waals surface area (Å²) in [6.45, 7) is 2.12. The van der Waals surface area contributed by atoms with Gasteiger partial charge in [0.25, 0.3) is 0 Å². The summed E-state index contributed by atoms with van der Waals surface area (Å²) in [6, 6.07) is 0.435. The number of urea groups is 1. The fourth-order valence-electron chi connectivity index (χ4n) is 3.81. The number of hydrogen-bond donors (Lipinski definition) is 1. The van der Waals surface area contributed by atoms with Gasteiger partial charge in [0.1, 0.15) is 0 Å². The van der Waals surface area contributed by atoms with Crippen molar-refractivity contribution in [1.82, 2.24) is 15.2 Å². The lowest BCUT2D eigenvalue weighted by Crippen LogP contribution is -2.48. The van der Waals surface area contributed by atoms with Crippen LogP contribution in [0.4, 0.5) is 4.79 Å². The molecule has 5 nitrogen and oxygen atoms in total. The molecule has 1 aliphatic heterocycles. The summed E-state index contributed by atoms with van der Waals surface area (Å²) in [5, 5.41) is 6.43. The summed E-state index contributed by atoms with van der Waals surface area (Å²) in [4.78, 5) is 19.5. The van der Waals surface area contributed by atoms with Gasteiger partial charge in [0.2, 0.25) is 0 Å². The Hall–Kier alpha value is -1.14. The van der Waals surface area contributed by atoms with Gasteiger partial charge in [-0.2, -0.15) is 0 Å². The van der Waals surface area contributed by atoms with Crippen LogP contribution < -0.4 is 5.32 Å². The molecule has 1 aromatic rings. The third-order valence-electron chi connectivity index (χ3n) is 5.37. The van der Waals surface area contributed by atoms with Crippen molar-refractivity contribution in [3.63, 3.8) is 0 Å². The van der Waals surface area contributed by atoms with Gasteiger partial charge in [0.05, 0.1) is 23.4 Å². The number of carbonyl (C=O) groups is 1. The van der Waals surface area contributed by atoms with Crippen LogP contribution in [0.1, 0.15) is 68.0 Å². The summed E-state index contributed by atoms with van der Waals surface area (Å²) >= 11 is 1.74. The largest absolute Gasteiger partial charge is 0.376 e. The highest BCUT2D eigenvalue weighted by atomic mass is 32.1. The Balaban J connectivity index is 1.34. The number of carbonyl (C=O) groups excluding carboxylic acids is 1. The van der Waals surface area contributed by atoms with E-state index in [0.717, 1.165) is 44.5 Å². The number of aromatic nitrogens is 1. The number of rotatable bonds is 6. The zero-order valence-electron chi connectivity index (χ0n) is 14.2. The van der Waals surface area contributed by atoms with Crippen molar-refractivity contribution >= 4 is 17.4 Å². The maximum Gasteiger partial charge on any atom is 0.318 e. The second-order valence-electron chi connectivity index (χ2n) is 7.34. The molecule has 2 heterocycles. The van der Waals surface area contributed by atoms with Gasteiger partial charge in [0, 0.05) is 30.5 Å². The fraction of sp³-hybridized carbons (Fsp3) is 0.778. The number of ether oxygens (including phenoxy) is 1. The highest BCUT2D eigenvalue weighted by molar-refractivity contribution is 7.09. The molecule has 2 aliphatic carbocycles. The van der Waals surface area contributed by atoms with E-state index in [-0.39, 0.29) is 12.1 Å². The molecule has 2 saturated carbocycles. The van der Waals surface area contributed by atoms with E-state index in [2.05, 4.69) is 15.7 Å². The van der Waals surface area contributed by atoms with Crippen LogP contribution in [0.2, 0.25) is 0 Å². The molecular weight excluding hydrogens is 322 g/mol. The second kappa shape index (κ2) is 7.40. The van der Waals surface area contributed by atoms with E-state index >= 15 is 0 Å². The van der Waals surface area contributed by atoms with E-state index in [1.165, 1.54) is 30.7 Å². The minimum absolute atomic E-state index is 0.0540. The predicted molar refractivity (Wildman–Crippen MR) is 94.3 cm³/mol. The molecule has 2 amide bonds. The Bertz CT molecular complexity index is 560. The summed E-state index contributed by atoms with van der Waals surface area (Å²) in [6.07, 6.45) is 9.68. The van der Waals surface area contributed by atoms with Gasteiger partial charge < -0.3 is 15.0 Å². The highest BCUT2D eigenvalue weighted by Gasteiger charge is 2.30. The molecule has 0 bridgehead atoms. The molecule has 6 heteroatoms. The van der Waals surface area contributed by atoms with Gasteiger partial charge in [-0.05, 0) is 38.5 Å². The van der Waals surface area contributed by atoms with Crippen molar-refractivity contribution in [2.24, 2.45) is 0 Å². The van der Waals surface area contributed by atoms with Crippen LogP contribution >= 0.6 is 11.3 Å². The molecule has 1 N–H and O–H groups in total. The average molecular weight is 350 g/mol. The molecule has 4 rings (SSSR count). The second-order valence-corrected chi connectivity index (χ2v) is 8.23. The molecule has 0 unspecified atom stereocenters. The third kappa shape index (κ3) is 3.91. The number of amides is 2. The first-order valence-electron chi connectivity index (χ1n) is 9.40. The quantitative estimate of drug-likeness (QED) is 0.853. The van der Waals surface area contributed by atoms with E-state index in [1.54, 1.807) is 11.3 Å². The maximum absolute atomic E-state index is 12.8. The summed E-state index contributed by atoms with van der Waals surface area (Å²) in [7, 11) is 0. The Morgan fingerprint density at radius 2 is 2.08 bits per heavy atom. The number of nitrogens with one attached hydrogen (secondary N) is 1. The molecule has 3 fully saturated rings. The van der Waals surface area contributed by atoms with Gasteiger partial charge in [-0.3, -0.25) is 0 Å². The topological polar surface area (TPSA) is 54.5 Å². The summed E-state index contributed by atoms with van der Waals surface area (Å²) in [5.41, 5.74) is 0.999. The van der Waals surface area contributed by atoms with E-state index in [4.69, 9.17) is 4.74 Å². The molecule has 132 valence electrons. The van der Waals surface area contributed by atoms with E-state index < -0.39 is 0 Å². The van der Waals surface area contributed by atoms with E-state index in [9.17, 15) is 4.79 Å². The molecule has 0 spiro atoms. The van der Waals surface area contributed by atoms with Crippen molar-refractivity contribution in [1.29, 1.82) is 0 Å². The summed E-state index contributed by atoms with van der Waals surface area (Å²) < 4.78 is 5.76. The summed E-state index contributed by atoms with van der Waals surface area (Å²) in [5.74, 6) is 0.689. The Morgan fingerprint density at radius 1 is 1.25 bits per heavy atom.